The summed E-state index contributed by atoms with van der Waals surface area (Å²) in [7, 11) is 0. The van der Waals surface area contributed by atoms with Crippen LogP contribution >= 0.6 is 23.1 Å². The Morgan fingerprint density at radius 3 is 2.21 bits per heavy atom. The van der Waals surface area contributed by atoms with E-state index in [2.05, 4.69) is 27.4 Å². The van der Waals surface area contributed by atoms with Gasteiger partial charge in [-0.3, -0.25) is 0 Å². The fourth-order valence-corrected chi connectivity index (χ4v) is 4.97. The Bertz CT molecular complexity index is 1380. The molecule has 2 heterocycles. The van der Waals surface area contributed by atoms with E-state index in [-0.39, 0.29) is 11.4 Å². The predicted molar refractivity (Wildman–Crippen MR) is 134 cm³/mol. The van der Waals surface area contributed by atoms with Crippen LogP contribution in [0.2, 0.25) is 0 Å². The summed E-state index contributed by atoms with van der Waals surface area (Å²) in [6.45, 7) is 4.03. The van der Waals surface area contributed by atoms with Gasteiger partial charge in [-0.15, -0.1) is 11.3 Å². The topological polar surface area (TPSA) is 111 Å². The van der Waals surface area contributed by atoms with Gasteiger partial charge in [0.05, 0.1) is 11.3 Å². The molecule has 8 heteroatoms. The van der Waals surface area contributed by atoms with Crippen LogP contribution in [0.3, 0.4) is 0 Å². The van der Waals surface area contributed by atoms with E-state index in [1.165, 1.54) is 28.7 Å². The minimum atomic E-state index is 0.120. The van der Waals surface area contributed by atoms with E-state index in [1.807, 2.05) is 67.8 Å². The summed E-state index contributed by atoms with van der Waals surface area (Å²) >= 11 is 2.90. The fourth-order valence-electron chi connectivity index (χ4n) is 3.24. The number of nitrogens with one attached hydrogen (secondary N) is 1. The maximum Gasteiger partial charge on any atom is 0.187 e. The van der Waals surface area contributed by atoms with Crippen molar-refractivity contribution in [3.8, 4) is 23.3 Å². The predicted octanol–water partition coefficient (Wildman–Crippen LogP) is 6.18. The molecule has 0 spiro atoms. The molecule has 2 aromatic heterocycles. The van der Waals surface area contributed by atoms with Crippen LogP contribution in [0.4, 0.5) is 16.6 Å². The summed E-state index contributed by atoms with van der Waals surface area (Å²) in [5.74, 6) is 0.640. The molecule has 4 aromatic rings. The van der Waals surface area contributed by atoms with Crippen molar-refractivity contribution in [2.24, 2.45) is 0 Å². The molecule has 0 amide bonds. The highest BCUT2D eigenvalue weighted by molar-refractivity contribution is 7.98. The third-order valence-corrected chi connectivity index (χ3v) is 6.78. The number of nitrogens with zero attached hydrogens (tertiary/aromatic N) is 4. The van der Waals surface area contributed by atoms with E-state index in [1.54, 1.807) is 0 Å². The molecule has 162 valence electrons. The van der Waals surface area contributed by atoms with Gasteiger partial charge in [-0.05, 0) is 31.5 Å². The number of benzene rings is 2. The molecule has 3 N–H and O–H groups in total. The average molecular weight is 469 g/mol. The van der Waals surface area contributed by atoms with Crippen LogP contribution in [0, 0.1) is 36.5 Å². The number of rotatable bonds is 6. The lowest BCUT2D eigenvalue weighted by molar-refractivity contribution is 1.11. The van der Waals surface area contributed by atoms with Gasteiger partial charge in [0, 0.05) is 22.4 Å². The van der Waals surface area contributed by atoms with Gasteiger partial charge in [0.2, 0.25) is 0 Å². The zero-order valence-electron chi connectivity index (χ0n) is 18.1. The number of hydrogen-bond donors (Lipinski definition) is 2. The van der Waals surface area contributed by atoms with Crippen molar-refractivity contribution in [2.45, 2.75) is 24.6 Å². The first-order chi connectivity index (χ1) is 16.0. The van der Waals surface area contributed by atoms with Crippen molar-refractivity contribution in [3.05, 3.63) is 81.9 Å². The van der Waals surface area contributed by atoms with Gasteiger partial charge >= 0.3 is 0 Å². The van der Waals surface area contributed by atoms with Crippen molar-refractivity contribution in [3.63, 3.8) is 0 Å². The second kappa shape index (κ2) is 9.74. The molecule has 4 rings (SSSR count). The van der Waals surface area contributed by atoms with Crippen LogP contribution in [-0.2, 0) is 5.75 Å². The third-order valence-electron chi connectivity index (χ3n) is 4.97. The molecule has 0 aliphatic carbocycles. The standard InChI is InChI=1S/C25H20N6S2/c1-15-3-7-17(8-4-15)22-20(11-26)23(28)31-24(21(22)12-27)32-13-19-14-33-25(30-19)29-18-9-5-16(2)6-10-18/h3-10,14H,13H2,1-2H3,(H2,28,31)(H,29,30). The molecule has 2 aromatic carbocycles. The number of thioether (sulfide) groups is 1. The number of thiazole rings is 1. The zero-order chi connectivity index (χ0) is 23.4. The lowest BCUT2D eigenvalue weighted by Gasteiger charge is -2.13. The lowest BCUT2D eigenvalue weighted by Crippen LogP contribution is -2.03. The number of nitrogen functional groups attached to an aromatic ring is 1. The number of aromatic nitrogens is 2. The van der Waals surface area contributed by atoms with Gasteiger partial charge in [0.25, 0.3) is 0 Å². The highest BCUT2D eigenvalue weighted by atomic mass is 32.2. The van der Waals surface area contributed by atoms with E-state index in [0.717, 1.165) is 27.6 Å². The van der Waals surface area contributed by atoms with Gasteiger partial charge in [-0.2, -0.15) is 10.5 Å². The van der Waals surface area contributed by atoms with Crippen LogP contribution in [0.15, 0.2) is 58.9 Å². The summed E-state index contributed by atoms with van der Waals surface area (Å²) in [6.07, 6.45) is 0. The van der Waals surface area contributed by atoms with Gasteiger partial charge in [-0.25, -0.2) is 9.97 Å². The average Bonchev–Trinajstić information content (AvgIpc) is 3.26. The van der Waals surface area contributed by atoms with Crippen LogP contribution < -0.4 is 11.1 Å². The first-order valence-corrected chi connectivity index (χ1v) is 12.0. The smallest absolute Gasteiger partial charge is 0.187 e. The molecule has 0 atom stereocenters. The highest BCUT2D eigenvalue weighted by Gasteiger charge is 2.20. The van der Waals surface area contributed by atoms with E-state index in [0.29, 0.717) is 21.9 Å². The maximum atomic E-state index is 9.93. The quantitative estimate of drug-likeness (QED) is 0.325. The molecule has 0 aliphatic heterocycles. The molecular weight excluding hydrogens is 448 g/mol. The van der Waals surface area contributed by atoms with E-state index < -0.39 is 0 Å². The summed E-state index contributed by atoms with van der Waals surface area (Å²) in [5.41, 5.74) is 12.1. The number of pyridine rings is 1. The van der Waals surface area contributed by atoms with Gasteiger partial charge < -0.3 is 11.1 Å². The van der Waals surface area contributed by atoms with E-state index in [4.69, 9.17) is 5.73 Å². The molecule has 33 heavy (non-hydrogen) atoms. The fraction of sp³-hybridized carbons (Fsp3) is 0.120. The number of aryl methyl sites for hydroxylation is 2. The summed E-state index contributed by atoms with van der Waals surface area (Å²) in [5, 5.41) is 26.2. The molecular formula is C25H20N6S2. The Hall–Kier alpha value is -3.85. The molecule has 0 saturated carbocycles. The van der Waals surface area contributed by atoms with Gasteiger partial charge in [-0.1, -0.05) is 59.3 Å². The zero-order valence-corrected chi connectivity index (χ0v) is 19.7. The Balaban J connectivity index is 1.59. The lowest BCUT2D eigenvalue weighted by atomic mass is 9.96. The molecule has 0 bridgehead atoms. The second-order valence-corrected chi connectivity index (χ2v) is 9.26. The van der Waals surface area contributed by atoms with Crippen molar-refractivity contribution in [2.75, 3.05) is 11.1 Å². The third kappa shape index (κ3) is 4.98. The molecule has 0 saturated heterocycles. The molecule has 0 fully saturated rings. The van der Waals surface area contributed by atoms with Crippen molar-refractivity contribution >= 4 is 39.7 Å². The Morgan fingerprint density at radius 2 is 1.58 bits per heavy atom. The largest absolute Gasteiger partial charge is 0.383 e. The van der Waals surface area contributed by atoms with Crippen molar-refractivity contribution in [1.29, 1.82) is 10.5 Å². The Labute approximate surface area is 200 Å². The van der Waals surface area contributed by atoms with Gasteiger partial charge in [0.15, 0.2) is 5.13 Å². The van der Waals surface area contributed by atoms with Gasteiger partial charge in [0.1, 0.15) is 28.5 Å². The SMILES string of the molecule is Cc1ccc(Nc2nc(CSc3nc(N)c(C#N)c(-c4ccc(C)cc4)c3C#N)cs2)cc1. The molecule has 6 nitrogen and oxygen atoms in total. The maximum absolute atomic E-state index is 9.93. The first kappa shape index (κ1) is 22.3. The van der Waals surface area contributed by atoms with E-state index >= 15 is 0 Å². The van der Waals surface area contributed by atoms with Crippen molar-refractivity contribution < 1.29 is 0 Å². The van der Waals surface area contributed by atoms with E-state index in [9.17, 15) is 10.5 Å². The van der Waals surface area contributed by atoms with Crippen LogP contribution in [-0.4, -0.2) is 9.97 Å². The Kier molecular flexibility index (Phi) is 6.60. The monoisotopic (exact) mass is 468 g/mol. The normalized spacial score (nSPS) is 10.4. The highest BCUT2D eigenvalue weighted by Crippen LogP contribution is 2.37. The first-order valence-electron chi connectivity index (χ1n) is 10.1. The van der Waals surface area contributed by atoms with Crippen LogP contribution in [0.25, 0.3) is 11.1 Å². The van der Waals surface area contributed by atoms with Crippen LogP contribution in [0.1, 0.15) is 27.9 Å². The minimum absolute atomic E-state index is 0.120. The minimum Gasteiger partial charge on any atom is -0.383 e. The summed E-state index contributed by atoms with van der Waals surface area (Å²) in [4.78, 5) is 9.01. The number of hydrogen-bond acceptors (Lipinski definition) is 8. The van der Waals surface area contributed by atoms with Crippen molar-refractivity contribution in [1.82, 2.24) is 9.97 Å². The summed E-state index contributed by atoms with van der Waals surface area (Å²) in [6, 6.07) is 20.1. The van der Waals surface area contributed by atoms with Crippen LogP contribution in [0.5, 0.6) is 0 Å². The number of anilines is 3. The summed E-state index contributed by atoms with van der Waals surface area (Å²) < 4.78 is 0. The molecule has 0 unspecified atom stereocenters. The number of nitriles is 2. The molecule has 0 radical (unpaired) electrons. The Morgan fingerprint density at radius 1 is 0.939 bits per heavy atom. The second-order valence-electron chi connectivity index (χ2n) is 7.44. The molecule has 0 aliphatic rings. The number of nitrogens with two attached hydrogens (primary N) is 1.